The van der Waals surface area contributed by atoms with Crippen LogP contribution in [0.25, 0.3) is 0 Å². The number of aliphatic hydroxyl groups is 1. The van der Waals surface area contributed by atoms with E-state index in [4.69, 9.17) is 9.25 Å². The van der Waals surface area contributed by atoms with E-state index >= 15 is 0 Å². The van der Waals surface area contributed by atoms with Crippen molar-refractivity contribution >= 4 is 17.4 Å². The third kappa shape index (κ3) is 3.96. The number of hydrogen-bond donors (Lipinski definition) is 2. The molecule has 3 fully saturated rings. The lowest BCUT2D eigenvalue weighted by Gasteiger charge is -2.59. The highest BCUT2D eigenvalue weighted by Crippen LogP contribution is 2.67. The molecule has 6 atom stereocenters. The molecule has 4 aliphatic carbocycles. The largest absolute Gasteiger partial charge is 0.467 e. The molecule has 2 N–H and O–H groups in total. The van der Waals surface area contributed by atoms with Gasteiger partial charge in [-0.2, -0.15) is 0 Å². The van der Waals surface area contributed by atoms with Crippen LogP contribution in [0.5, 0.6) is 0 Å². The average molecular weight is 483 g/mol. The van der Waals surface area contributed by atoms with Crippen molar-refractivity contribution in [2.75, 3.05) is 6.61 Å². The normalized spacial score (nSPS) is 39.3. The lowest BCUT2D eigenvalue weighted by molar-refractivity contribution is -0.159. The highest BCUT2D eigenvalue weighted by Gasteiger charge is 2.65. The first-order valence-electron chi connectivity index (χ1n) is 13.1. The minimum absolute atomic E-state index is 0.0586. The summed E-state index contributed by atoms with van der Waals surface area (Å²) in [7, 11) is 0. The molecule has 1 heterocycles. The van der Waals surface area contributed by atoms with Crippen molar-refractivity contribution in [3.8, 4) is 0 Å². The number of rotatable bonds is 6. The highest BCUT2D eigenvalue weighted by atomic mass is 16.6. The molecule has 7 heteroatoms. The Kier molecular flexibility index (Phi) is 6.19. The maximum absolute atomic E-state index is 12.4. The van der Waals surface area contributed by atoms with Crippen LogP contribution in [0.1, 0.15) is 77.9 Å². The van der Waals surface area contributed by atoms with Crippen LogP contribution < -0.4 is 5.32 Å². The zero-order chi connectivity index (χ0) is 24.8. The lowest BCUT2D eigenvalue weighted by Crippen LogP contribution is -2.57. The Morgan fingerprint density at radius 1 is 1.17 bits per heavy atom. The summed E-state index contributed by atoms with van der Waals surface area (Å²) in [5.41, 5.74) is 1.01. The maximum atomic E-state index is 12.4. The van der Waals surface area contributed by atoms with E-state index in [1.165, 1.54) is 5.57 Å². The van der Waals surface area contributed by atoms with Gasteiger partial charge >= 0.3 is 0 Å². The van der Waals surface area contributed by atoms with Crippen molar-refractivity contribution in [1.82, 2.24) is 5.32 Å². The first kappa shape index (κ1) is 24.3. The number of nitrogens with zero attached hydrogens (tertiary/aromatic N) is 1. The van der Waals surface area contributed by atoms with Crippen LogP contribution in [-0.4, -0.2) is 34.7 Å². The van der Waals surface area contributed by atoms with Gasteiger partial charge in [-0.1, -0.05) is 24.6 Å². The molecule has 4 aliphatic rings. The third-order valence-electron chi connectivity index (χ3n) is 10.1. The molecular formula is C28H38N2O5. The molecule has 7 nitrogen and oxygen atoms in total. The van der Waals surface area contributed by atoms with Gasteiger partial charge in [0.15, 0.2) is 12.4 Å². The number of allylic oxidation sites excluding steroid dienone is 2. The number of fused-ring (bicyclic) bond motifs is 5. The van der Waals surface area contributed by atoms with E-state index in [9.17, 15) is 14.7 Å². The maximum Gasteiger partial charge on any atom is 0.261 e. The van der Waals surface area contributed by atoms with Crippen molar-refractivity contribution in [3.05, 3.63) is 35.8 Å². The number of carbonyl (C=O) groups excluding carboxylic acids is 2. The second-order valence-electron chi connectivity index (χ2n) is 11.6. The van der Waals surface area contributed by atoms with E-state index in [1.54, 1.807) is 19.3 Å². The average Bonchev–Trinajstić information content (AvgIpc) is 3.44. The number of ketones is 1. The van der Waals surface area contributed by atoms with Crippen molar-refractivity contribution in [2.45, 2.75) is 84.3 Å². The minimum atomic E-state index is -1.16. The SMILES string of the molecule is CC(=O)C1(O)CCC2C3CCC4=C/C(=N\OCC(=O)NCc5ccco5)CC[C@]4(C)C3CC[C@@]21C. The Bertz CT molecular complexity index is 1050. The van der Waals surface area contributed by atoms with E-state index in [0.717, 1.165) is 50.7 Å². The summed E-state index contributed by atoms with van der Waals surface area (Å²) in [4.78, 5) is 29.8. The molecule has 0 spiro atoms. The second kappa shape index (κ2) is 8.91. The molecule has 0 aromatic carbocycles. The topological polar surface area (TPSA) is 101 Å². The van der Waals surface area contributed by atoms with E-state index in [-0.39, 0.29) is 29.1 Å². The number of nitrogens with one attached hydrogen (secondary N) is 1. The third-order valence-corrected chi connectivity index (χ3v) is 10.1. The van der Waals surface area contributed by atoms with Crippen molar-refractivity contribution < 1.29 is 24.0 Å². The molecule has 35 heavy (non-hydrogen) atoms. The molecule has 1 amide bonds. The molecule has 1 aromatic rings. The molecule has 4 unspecified atom stereocenters. The summed E-state index contributed by atoms with van der Waals surface area (Å²) in [5, 5.41) is 18.4. The van der Waals surface area contributed by atoms with Gasteiger partial charge in [-0.05, 0) is 99.7 Å². The van der Waals surface area contributed by atoms with Crippen molar-refractivity contribution in [2.24, 2.45) is 33.7 Å². The molecule has 0 bridgehead atoms. The van der Waals surface area contributed by atoms with Crippen LogP contribution in [0, 0.1) is 28.6 Å². The summed E-state index contributed by atoms with van der Waals surface area (Å²) in [6.07, 6.45) is 11.3. The Labute approximate surface area is 207 Å². The van der Waals surface area contributed by atoms with Gasteiger partial charge < -0.3 is 19.7 Å². The van der Waals surface area contributed by atoms with Crippen molar-refractivity contribution in [3.63, 3.8) is 0 Å². The predicted octanol–water partition coefficient (Wildman–Crippen LogP) is 4.55. The zero-order valence-electron chi connectivity index (χ0n) is 21.1. The van der Waals surface area contributed by atoms with Crippen LogP contribution >= 0.6 is 0 Å². The zero-order valence-corrected chi connectivity index (χ0v) is 21.1. The molecule has 0 aliphatic heterocycles. The van der Waals surface area contributed by atoms with E-state index in [2.05, 4.69) is 30.4 Å². The van der Waals surface area contributed by atoms with E-state index in [0.29, 0.717) is 36.5 Å². The van der Waals surface area contributed by atoms with Gasteiger partial charge in [-0.15, -0.1) is 0 Å². The number of Topliss-reactive ketones (excluding diaryl/α,β-unsaturated/α-hetero) is 1. The van der Waals surface area contributed by atoms with Gasteiger partial charge in [0.2, 0.25) is 0 Å². The fraction of sp³-hybridized carbons (Fsp3) is 0.679. The number of oxime groups is 1. The van der Waals surface area contributed by atoms with Crippen LogP contribution in [0.4, 0.5) is 0 Å². The van der Waals surface area contributed by atoms with Gasteiger partial charge in [-0.25, -0.2) is 0 Å². The summed E-state index contributed by atoms with van der Waals surface area (Å²) in [6, 6.07) is 3.59. The standard InChI is InChI=1S/C28H38N2O5/c1-18(31)28(33)13-10-24-22-7-6-19-15-20(8-11-26(19,2)23(22)9-12-27(24,28)3)30-35-17-25(32)29-16-21-5-4-14-34-21/h4-5,14-15,22-24,33H,6-13,16-17H2,1-3H3,(H,29,32)/b30-20-/t22?,23?,24?,26-,27-,28?/m0/s1. The Balaban J connectivity index is 1.23. The fourth-order valence-electron chi connectivity index (χ4n) is 8.06. The minimum Gasteiger partial charge on any atom is -0.467 e. The Morgan fingerprint density at radius 3 is 2.71 bits per heavy atom. The van der Waals surface area contributed by atoms with Crippen LogP contribution in [0.3, 0.4) is 0 Å². The van der Waals surface area contributed by atoms with Gasteiger partial charge in [0.25, 0.3) is 5.91 Å². The van der Waals surface area contributed by atoms with Gasteiger partial charge in [0.05, 0.1) is 18.5 Å². The summed E-state index contributed by atoms with van der Waals surface area (Å²) < 4.78 is 5.21. The fourth-order valence-corrected chi connectivity index (χ4v) is 8.06. The number of carbonyl (C=O) groups is 2. The van der Waals surface area contributed by atoms with E-state index in [1.807, 2.05) is 6.07 Å². The first-order chi connectivity index (χ1) is 16.7. The molecular weight excluding hydrogens is 444 g/mol. The van der Waals surface area contributed by atoms with E-state index < -0.39 is 5.60 Å². The summed E-state index contributed by atoms with van der Waals surface area (Å²) in [5.74, 6) is 1.94. The first-order valence-corrected chi connectivity index (χ1v) is 13.1. The molecule has 0 radical (unpaired) electrons. The number of furan rings is 1. The molecule has 0 saturated heterocycles. The Hall–Kier alpha value is -2.41. The highest BCUT2D eigenvalue weighted by molar-refractivity contribution is 5.96. The lowest BCUT2D eigenvalue weighted by atomic mass is 9.46. The van der Waals surface area contributed by atoms with Crippen LogP contribution in [0.2, 0.25) is 0 Å². The van der Waals surface area contributed by atoms with Gasteiger partial charge in [0.1, 0.15) is 11.4 Å². The second-order valence-corrected chi connectivity index (χ2v) is 11.6. The molecule has 190 valence electrons. The summed E-state index contributed by atoms with van der Waals surface area (Å²) >= 11 is 0. The quantitative estimate of drug-likeness (QED) is 0.579. The number of amides is 1. The van der Waals surface area contributed by atoms with Crippen LogP contribution in [-0.2, 0) is 21.0 Å². The summed E-state index contributed by atoms with van der Waals surface area (Å²) in [6.45, 7) is 6.36. The smallest absolute Gasteiger partial charge is 0.261 e. The molecule has 1 aromatic heterocycles. The number of hydrogen-bond acceptors (Lipinski definition) is 6. The Morgan fingerprint density at radius 2 is 1.97 bits per heavy atom. The van der Waals surface area contributed by atoms with Crippen LogP contribution in [0.15, 0.2) is 39.6 Å². The molecule has 5 rings (SSSR count). The molecule has 3 saturated carbocycles. The van der Waals surface area contributed by atoms with Gasteiger partial charge in [-0.3, -0.25) is 9.59 Å². The van der Waals surface area contributed by atoms with Gasteiger partial charge in [0, 0.05) is 5.41 Å². The van der Waals surface area contributed by atoms with Crippen molar-refractivity contribution in [1.29, 1.82) is 0 Å². The monoisotopic (exact) mass is 482 g/mol. The predicted molar refractivity (Wildman–Crippen MR) is 131 cm³/mol.